The summed E-state index contributed by atoms with van der Waals surface area (Å²) in [5, 5.41) is 38.1. The third-order valence-electron chi connectivity index (χ3n) is 7.31. The first kappa shape index (κ1) is 38.2. The van der Waals surface area contributed by atoms with Gasteiger partial charge in [0.1, 0.15) is 46.4 Å². The lowest BCUT2D eigenvalue weighted by Gasteiger charge is -2.02. The molecule has 54 heavy (non-hydrogen) atoms. The van der Waals surface area contributed by atoms with Crippen LogP contribution in [-0.2, 0) is 14.4 Å². The van der Waals surface area contributed by atoms with E-state index in [-0.39, 0.29) is 44.7 Å². The summed E-state index contributed by atoms with van der Waals surface area (Å²) in [6.45, 7) is 0. The van der Waals surface area contributed by atoms with E-state index >= 15 is 0 Å². The summed E-state index contributed by atoms with van der Waals surface area (Å²) in [7, 11) is 0. The number of carbonyl (C=O) groups excluding carboxylic acids is 3. The lowest BCUT2D eigenvalue weighted by Crippen LogP contribution is -2.14. The van der Waals surface area contributed by atoms with Crippen LogP contribution in [0.2, 0.25) is 0 Å². The van der Waals surface area contributed by atoms with Crippen molar-refractivity contribution in [3.8, 4) is 24.0 Å². The number of aromatic hydroxyl groups is 1. The number of aromatic nitrogens is 3. The van der Waals surface area contributed by atoms with Crippen molar-refractivity contribution in [2.45, 2.75) is 0 Å². The van der Waals surface area contributed by atoms with Gasteiger partial charge in [-0.1, -0.05) is 48.5 Å². The lowest BCUT2D eigenvalue weighted by atomic mass is 10.1. The van der Waals surface area contributed by atoms with Crippen LogP contribution in [0.5, 0.6) is 5.75 Å². The Morgan fingerprint density at radius 2 is 1.19 bits per heavy atom. The van der Waals surface area contributed by atoms with Crippen molar-refractivity contribution < 1.29 is 19.5 Å². The Bertz CT molecular complexity index is 2810. The zero-order valence-electron chi connectivity index (χ0n) is 27.9. The second-order valence-electron chi connectivity index (χ2n) is 11.0. The molecule has 0 unspecified atom stereocenters. The predicted octanol–water partition coefficient (Wildman–Crippen LogP) is 3.17. The Morgan fingerprint density at radius 1 is 0.648 bits per heavy atom. The minimum absolute atomic E-state index is 0.109. The maximum Gasteiger partial charge on any atom is 0.259 e. The van der Waals surface area contributed by atoms with Gasteiger partial charge in [-0.25, -0.2) is 4.98 Å². The minimum atomic E-state index is -0.856. The second-order valence-corrected chi connectivity index (χ2v) is 11.0. The van der Waals surface area contributed by atoms with Crippen LogP contribution in [0.3, 0.4) is 0 Å². The number of nitrogens with zero attached hydrogens (tertiary/aromatic N) is 4. The zero-order chi connectivity index (χ0) is 39.4. The number of amides is 3. The molecule has 0 atom stereocenters. The number of primary amides is 3. The highest BCUT2D eigenvalue weighted by Crippen LogP contribution is 2.23. The van der Waals surface area contributed by atoms with Crippen LogP contribution in [-0.4, -0.2) is 37.8 Å². The molecule has 0 aliphatic heterocycles. The van der Waals surface area contributed by atoms with Crippen molar-refractivity contribution in [1.82, 2.24) is 15.0 Å². The molecular weight excluding hydrogens is 690 g/mol. The fourth-order valence-electron chi connectivity index (χ4n) is 4.72. The number of nitrogens with two attached hydrogens (primary N) is 3. The molecule has 3 heterocycles. The number of hydrogen-bond donors (Lipinski definition) is 6. The van der Waals surface area contributed by atoms with Crippen LogP contribution in [0.4, 0.5) is 0 Å². The van der Waals surface area contributed by atoms with Gasteiger partial charge in [0.25, 0.3) is 23.3 Å². The summed E-state index contributed by atoms with van der Waals surface area (Å²) in [5.74, 6) is -2.65. The number of para-hydroxylation sites is 3. The highest BCUT2D eigenvalue weighted by molar-refractivity contribution is 6.02. The summed E-state index contributed by atoms with van der Waals surface area (Å²) in [6, 6.07) is 30.8. The Hall–Kier alpha value is -8.61. The summed E-state index contributed by atoms with van der Waals surface area (Å²) in [6.07, 6.45) is 3.62. The molecule has 3 aromatic heterocycles. The number of aromatic amines is 2. The molecule has 6 aromatic rings. The molecule has 0 spiro atoms. The molecule has 0 bridgehead atoms. The van der Waals surface area contributed by atoms with Crippen LogP contribution in [0.25, 0.3) is 50.9 Å². The molecule has 0 saturated heterocycles. The van der Waals surface area contributed by atoms with Crippen molar-refractivity contribution in [3.63, 3.8) is 0 Å². The van der Waals surface area contributed by atoms with Crippen molar-refractivity contribution in [2.75, 3.05) is 0 Å². The maximum atomic E-state index is 11.8. The van der Waals surface area contributed by atoms with E-state index in [9.17, 15) is 29.1 Å². The third kappa shape index (κ3) is 9.54. The standard InChI is InChI=1S/3C13H9N3O2/c14-7-8(13(15)18)5-9-6-12(17)10-3-1-2-4-11(10)16-9;14-7-9(13(15)18)5-11-12(17)6-8-3-1-2-4-10(8)16-11;14-7-10(12(15)17)6-9-5-8-3-1-2-4-11(8)16-13(9)18/h1-6H,(H2,15,18)(H,16,17);1-6,17H,(H2,15,18);1-6H,(H2,15,17)(H,16,18)/b8-5-;9-5-;10-6-. The van der Waals surface area contributed by atoms with Gasteiger partial charge < -0.3 is 32.3 Å². The normalized spacial score (nSPS) is 11.2. The quantitative estimate of drug-likeness (QED) is 0.108. The van der Waals surface area contributed by atoms with Gasteiger partial charge in [0.2, 0.25) is 0 Å². The summed E-state index contributed by atoms with van der Waals surface area (Å²) < 4.78 is 0. The number of nitrogens with one attached hydrogen (secondary N) is 2. The fraction of sp³-hybridized carbons (Fsp3) is 0. The topological polar surface area (TPSA) is 299 Å². The number of carbonyl (C=O) groups is 3. The number of H-pyrrole nitrogens is 2. The molecular formula is C39H27N9O6. The Kier molecular flexibility index (Phi) is 12.3. The van der Waals surface area contributed by atoms with E-state index in [1.54, 1.807) is 78.9 Å². The Labute approximate surface area is 304 Å². The largest absolute Gasteiger partial charge is 0.506 e. The predicted molar refractivity (Wildman–Crippen MR) is 201 cm³/mol. The van der Waals surface area contributed by atoms with Gasteiger partial charge in [-0.2, -0.15) is 15.8 Å². The van der Waals surface area contributed by atoms with Gasteiger partial charge in [0.15, 0.2) is 5.43 Å². The first-order valence-electron chi connectivity index (χ1n) is 15.4. The number of pyridine rings is 3. The van der Waals surface area contributed by atoms with Crippen LogP contribution in [0, 0.1) is 34.0 Å². The third-order valence-corrected chi connectivity index (χ3v) is 7.31. The Balaban J connectivity index is 0.000000180. The van der Waals surface area contributed by atoms with Crippen LogP contribution in [0.15, 0.2) is 117 Å². The summed E-state index contributed by atoms with van der Waals surface area (Å²) >= 11 is 0. The first-order chi connectivity index (χ1) is 25.8. The molecule has 264 valence electrons. The highest BCUT2D eigenvalue weighted by atomic mass is 16.3. The second kappa shape index (κ2) is 17.4. The number of nitriles is 3. The average Bonchev–Trinajstić information content (AvgIpc) is 3.15. The molecule has 0 radical (unpaired) electrons. The molecule has 0 aliphatic carbocycles. The number of rotatable bonds is 6. The molecule has 6 rings (SSSR count). The molecule has 3 amide bonds. The maximum absolute atomic E-state index is 11.8. The van der Waals surface area contributed by atoms with Gasteiger partial charge >= 0.3 is 0 Å². The Morgan fingerprint density at radius 3 is 1.81 bits per heavy atom. The van der Waals surface area contributed by atoms with Crippen molar-refractivity contribution >= 4 is 68.7 Å². The molecule has 15 nitrogen and oxygen atoms in total. The minimum Gasteiger partial charge on any atom is -0.506 e. The van der Waals surface area contributed by atoms with E-state index in [2.05, 4.69) is 15.0 Å². The van der Waals surface area contributed by atoms with Crippen molar-refractivity contribution in [3.05, 3.63) is 145 Å². The molecule has 9 N–H and O–H groups in total. The van der Waals surface area contributed by atoms with Crippen LogP contribution in [0.1, 0.15) is 17.0 Å². The van der Waals surface area contributed by atoms with Gasteiger partial charge in [-0.05, 0) is 60.0 Å². The average molecular weight is 718 g/mol. The van der Waals surface area contributed by atoms with E-state index in [0.29, 0.717) is 27.6 Å². The van der Waals surface area contributed by atoms with E-state index in [4.69, 9.17) is 33.0 Å². The molecule has 0 aliphatic rings. The van der Waals surface area contributed by atoms with Gasteiger partial charge in [0, 0.05) is 39.1 Å². The fourth-order valence-corrected chi connectivity index (χ4v) is 4.72. The van der Waals surface area contributed by atoms with E-state index in [0.717, 1.165) is 10.8 Å². The summed E-state index contributed by atoms with van der Waals surface area (Å²) in [5.41, 5.74) is 16.5. The molecule has 0 saturated carbocycles. The van der Waals surface area contributed by atoms with Crippen LogP contribution >= 0.6 is 0 Å². The number of fused-ring (bicyclic) bond motifs is 3. The van der Waals surface area contributed by atoms with E-state index in [1.165, 1.54) is 30.4 Å². The summed E-state index contributed by atoms with van der Waals surface area (Å²) in [4.78, 5) is 66.1. The molecule has 3 aromatic carbocycles. The number of benzene rings is 3. The lowest BCUT2D eigenvalue weighted by molar-refractivity contribution is -0.115. The monoisotopic (exact) mass is 717 g/mol. The van der Waals surface area contributed by atoms with Gasteiger partial charge in [-0.15, -0.1) is 0 Å². The first-order valence-corrected chi connectivity index (χ1v) is 15.4. The van der Waals surface area contributed by atoms with E-state index in [1.807, 2.05) is 18.2 Å². The zero-order valence-corrected chi connectivity index (χ0v) is 27.9. The van der Waals surface area contributed by atoms with E-state index < -0.39 is 17.7 Å². The van der Waals surface area contributed by atoms with Crippen LogP contribution < -0.4 is 28.2 Å². The SMILES string of the molecule is N#C/C(=C/c1cc(=O)c2ccccc2[nH]1)C(N)=O.N#C/C(=C/c1cc2ccccc2[nH]c1=O)C(N)=O.N#C/C(=C/c1nc2ccccc2cc1O)C(N)=O. The smallest absolute Gasteiger partial charge is 0.259 e. The molecule has 15 heteroatoms. The van der Waals surface area contributed by atoms with Crippen molar-refractivity contribution in [2.24, 2.45) is 17.2 Å². The van der Waals surface area contributed by atoms with Gasteiger partial charge in [0.05, 0.1) is 5.52 Å². The van der Waals surface area contributed by atoms with Crippen molar-refractivity contribution in [1.29, 1.82) is 15.8 Å². The highest BCUT2D eigenvalue weighted by Gasteiger charge is 2.10. The number of hydrogen-bond acceptors (Lipinski definition) is 10. The molecule has 0 fully saturated rings. The van der Waals surface area contributed by atoms with Gasteiger partial charge in [-0.3, -0.25) is 24.0 Å².